The Bertz CT molecular complexity index is 477. The Labute approximate surface area is 104 Å². The van der Waals surface area contributed by atoms with E-state index in [-0.39, 0.29) is 5.56 Å². The molecule has 0 bridgehead atoms. The van der Waals surface area contributed by atoms with Crippen molar-refractivity contribution in [2.75, 3.05) is 0 Å². The van der Waals surface area contributed by atoms with Crippen molar-refractivity contribution in [3.8, 4) is 0 Å². The lowest BCUT2D eigenvalue weighted by Gasteiger charge is -2.27. The molecule has 0 amide bonds. The zero-order chi connectivity index (χ0) is 14.1. The number of hydrogen-bond donors (Lipinski definition) is 2. The molecule has 1 atom stereocenters. The van der Waals surface area contributed by atoms with Gasteiger partial charge >= 0.3 is 12.1 Å². The highest BCUT2D eigenvalue weighted by Gasteiger charge is 2.58. The second kappa shape index (κ2) is 4.74. The highest BCUT2D eigenvalue weighted by molar-refractivity contribution is 6.30. The Kier molecular flexibility index (Phi) is 3.87. The molecule has 0 fully saturated rings. The molecule has 3 nitrogen and oxygen atoms in total. The first-order valence-corrected chi connectivity index (χ1v) is 4.98. The van der Waals surface area contributed by atoms with Crippen LogP contribution >= 0.6 is 11.6 Å². The number of carboxylic acid groups (broad SMARTS) is 1. The fraction of sp³-hybridized carbons (Fsp3) is 0.300. The van der Waals surface area contributed by atoms with Crippen molar-refractivity contribution in [1.82, 2.24) is 0 Å². The third-order valence-corrected chi connectivity index (χ3v) is 2.64. The van der Waals surface area contributed by atoms with Crippen molar-refractivity contribution < 1.29 is 27.5 Å². The summed E-state index contributed by atoms with van der Waals surface area (Å²) in [5.41, 5.74) is 1.32. The van der Waals surface area contributed by atoms with E-state index in [1.165, 1.54) is 0 Å². The zero-order valence-electron chi connectivity index (χ0n) is 8.76. The fourth-order valence-electron chi connectivity index (χ4n) is 1.27. The van der Waals surface area contributed by atoms with E-state index < -0.39 is 34.9 Å². The van der Waals surface area contributed by atoms with E-state index in [1.54, 1.807) is 0 Å². The van der Waals surface area contributed by atoms with Crippen LogP contribution in [0.2, 0.25) is 5.02 Å². The van der Waals surface area contributed by atoms with Crippen LogP contribution in [0.25, 0.3) is 0 Å². The molecule has 1 unspecified atom stereocenters. The number of carbonyl (C=O) groups is 1. The highest BCUT2D eigenvalue weighted by Crippen LogP contribution is 2.32. The number of aliphatic carboxylic acids is 1. The molecule has 0 saturated carbocycles. The predicted molar refractivity (Wildman–Crippen MR) is 55.7 cm³/mol. The minimum atomic E-state index is -5.14. The lowest BCUT2D eigenvalue weighted by molar-refractivity contribution is -0.201. The molecule has 3 N–H and O–H groups in total. The lowest BCUT2D eigenvalue weighted by atomic mass is 9.91. The number of hydrogen-bond acceptors (Lipinski definition) is 2. The largest absolute Gasteiger partial charge is 0.480 e. The van der Waals surface area contributed by atoms with Crippen LogP contribution in [0.15, 0.2) is 18.2 Å². The van der Waals surface area contributed by atoms with Crippen LogP contribution < -0.4 is 5.73 Å². The van der Waals surface area contributed by atoms with Crippen molar-refractivity contribution in [2.45, 2.75) is 18.1 Å². The standard InChI is InChI=1S/C10H8ClF4NO2/c11-6-3-5(1-2-7(6)12)4-9(16,8(17)18)10(13,14)15/h1-3H,4,16H2,(H,17,18). The van der Waals surface area contributed by atoms with E-state index in [1.807, 2.05) is 0 Å². The average molecular weight is 286 g/mol. The number of nitrogens with two attached hydrogens (primary N) is 1. The minimum absolute atomic E-state index is 0.122. The monoisotopic (exact) mass is 285 g/mol. The summed E-state index contributed by atoms with van der Waals surface area (Å²) in [5.74, 6) is -3.03. The molecule has 0 aliphatic carbocycles. The normalized spacial score (nSPS) is 15.2. The van der Waals surface area contributed by atoms with Gasteiger partial charge in [0.15, 0.2) is 0 Å². The summed E-state index contributed by atoms with van der Waals surface area (Å²) in [7, 11) is 0. The van der Waals surface area contributed by atoms with E-state index in [2.05, 4.69) is 0 Å². The van der Waals surface area contributed by atoms with Crippen molar-refractivity contribution in [1.29, 1.82) is 0 Å². The first kappa shape index (κ1) is 14.7. The molecular weight excluding hydrogens is 278 g/mol. The molecule has 0 saturated heterocycles. The zero-order valence-corrected chi connectivity index (χ0v) is 9.52. The van der Waals surface area contributed by atoms with Crippen LogP contribution in [0.4, 0.5) is 17.6 Å². The second-order valence-electron chi connectivity index (χ2n) is 3.70. The predicted octanol–water partition coefficient (Wildman–Crippen LogP) is 2.37. The van der Waals surface area contributed by atoms with Crippen molar-refractivity contribution in [3.63, 3.8) is 0 Å². The first-order chi connectivity index (χ1) is 8.08. The second-order valence-corrected chi connectivity index (χ2v) is 4.11. The number of rotatable bonds is 3. The topological polar surface area (TPSA) is 63.3 Å². The summed E-state index contributed by atoms with van der Waals surface area (Å²) in [6, 6.07) is 2.75. The van der Waals surface area contributed by atoms with Gasteiger partial charge in [-0.05, 0) is 17.7 Å². The SMILES string of the molecule is NC(Cc1ccc(F)c(Cl)c1)(C(=O)O)C(F)(F)F. The van der Waals surface area contributed by atoms with E-state index in [9.17, 15) is 22.4 Å². The Hall–Kier alpha value is -1.34. The Morgan fingerprint density at radius 1 is 1.39 bits per heavy atom. The molecule has 100 valence electrons. The van der Waals surface area contributed by atoms with Gasteiger partial charge in [0.2, 0.25) is 5.54 Å². The van der Waals surface area contributed by atoms with Gasteiger partial charge in [-0.15, -0.1) is 0 Å². The van der Waals surface area contributed by atoms with Gasteiger partial charge in [0.05, 0.1) is 5.02 Å². The average Bonchev–Trinajstić information content (AvgIpc) is 2.21. The smallest absolute Gasteiger partial charge is 0.417 e. The van der Waals surface area contributed by atoms with Gasteiger partial charge in [0.1, 0.15) is 5.82 Å². The number of carboxylic acids is 1. The van der Waals surface area contributed by atoms with Crippen LogP contribution in [0.3, 0.4) is 0 Å². The van der Waals surface area contributed by atoms with Crippen molar-refractivity contribution in [2.24, 2.45) is 5.73 Å². The molecule has 8 heteroatoms. The van der Waals surface area contributed by atoms with Crippen molar-refractivity contribution in [3.05, 3.63) is 34.6 Å². The molecule has 0 radical (unpaired) electrons. The number of halogens is 5. The highest BCUT2D eigenvalue weighted by atomic mass is 35.5. The Morgan fingerprint density at radius 3 is 2.33 bits per heavy atom. The quantitative estimate of drug-likeness (QED) is 0.838. The van der Waals surface area contributed by atoms with Gasteiger partial charge < -0.3 is 10.8 Å². The number of alkyl halides is 3. The maximum Gasteiger partial charge on any atom is 0.417 e. The fourth-order valence-corrected chi connectivity index (χ4v) is 1.47. The molecule has 1 aromatic carbocycles. The van der Waals surface area contributed by atoms with Crippen LogP contribution in [-0.2, 0) is 11.2 Å². The van der Waals surface area contributed by atoms with Gasteiger partial charge in [-0.25, -0.2) is 9.18 Å². The van der Waals surface area contributed by atoms with Crippen LogP contribution in [0.1, 0.15) is 5.56 Å². The number of benzene rings is 1. The summed E-state index contributed by atoms with van der Waals surface area (Å²) >= 11 is 5.39. The van der Waals surface area contributed by atoms with Gasteiger partial charge in [0, 0.05) is 6.42 Å². The summed E-state index contributed by atoms with van der Waals surface area (Å²) in [5, 5.41) is 8.20. The van der Waals surface area contributed by atoms with Crippen LogP contribution in [-0.4, -0.2) is 22.8 Å². The summed E-state index contributed by atoms with van der Waals surface area (Å²) < 4.78 is 50.6. The van der Waals surface area contributed by atoms with E-state index >= 15 is 0 Å². The maximum absolute atomic E-state index is 12.8. The molecule has 0 aromatic heterocycles. The van der Waals surface area contributed by atoms with Crippen LogP contribution in [0.5, 0.6) is 0 Å². The van der Waals surface area contributed by atoms with E-state index in [0.717, 1.165) is 18.2 Å². The van der Waals surface area contributed by atoms with Gasteiger partial charge in [-0.1, -0.05) is 17.7 Å². The van der Waals surface area contributed by atoms with Gasteiger partial charge in [-0.3, -0.25) is 0 Å². The van der Waals surface area contributed by atoms with Crippen LogP contribution in [0, 0.1) is 5.82 Å². The molecule has 1 rings (SSSR count). The molecule has 0 aliphatic heterocycles. The Morgan fingerprint density at radius 2 is 1.94 bits per heavy atom. The van der Waals surface area contributed by atoms with E-state index in [4.69, 9.17) is 22.4 Å². The summed E-state index contributed by atoms with van der Waals surface area (Å²) in [4.78, 5) is 10.7. The third kappa shape index (κ3) is 2.73. The van der Waals surface area contributed by atoms with Crippen molar-refractivity contribution >= 4 is 17.6 Å². The molecule has 1 aromatic rings. The molecule has 18 heavy (non-hydrogen) atoms. The molecule has 0 heterocycles. The van der Waals surface area contributed by atoms with E-state index in [0.29, 0.717) is 0 Å². The maximum atomic E-state index is 12.8. The molecule has 0 aliphatic rings. The van der Waals surface area contributed by atoms with Gasteiger partial charge in [0.25, 0.3) is 0 Å². The lowest BCUT2D eigenvalue weighted by Crippen LogP contribution is -2.61. The summed E-state index contributed by atoms with van der Waals surface area (Å²) in [6.45, 7) is 0. The third-order valence-electron chi connectivity index (χ3n) is 2.35. The first-order valence-electron chi connectivity index (χ1n) is 4.61. The van der Waals surface area contributed by atoms with Gasteiger partial charge in [-0.2, -0.15) is 13.2 Å². The molecular formula is C10H8ClF4NO2. The molecule has 0 spiro atoms. The Balaban J connectivity index is 3.12. The summed E-state index contributed by atoms with van der Waals surface area (Å²) in [6.07, 6.45) is -6.18. The minimum Gasteiger partial charge on any atom is -0.480 e.